The highest BCUT2D eigenvalue weighted by Crippen LogP contribution is 2.27. The summed E-state index contributed by atoms with van der Waals surface area (Å²) in [5.74, 6) is -1.32. The van der Waals surface area contributed by atoms with E-state index >= 15 is 0 Å². The quantitative estimate of drug-likeness (QED) is 0.804. The topological polar surface area (TPSA) is 29.1 Å². The average Bonchev–Trinajstić information content (AvgIpc) is 2.58. The van der Waals surface area contributed by atoms with E-state index in [1.165, 1.54) is 6.07 Å². The second kappa shape index (κ2) is 5.36. The van der Waals surface area contributed by atoms with Gasteiger partial charge >= 0.3 is 0 Å². The minimum atomic E-state index is -0.789. The number of hydrogen-bond donors (Lipinski definition) is 1. The summed E-state index contributed by atoms with van der Waals surface area (Å²) in [5, 5.41) is 3.23. The van der Waals surface area contributed by atoms with Crippen molar-refractivity contribution in [3.63, 3.8) is 0 Å². The Balaban J connectivity index is 2.32. The van der Waals surface area contributed by atoms with Gasteiger partial charge in [-0.3, -0.25) is 4.79 Å². The van der Waals surface area contributed by atoms with E-state index in [9.17, 15) is 13.6 Å². The van der Waals surface area contributed by atoms with Crippen LogP contribution in [0.25, 0.3) is 0 Å². The van der Waals surface area contributed by atoms with Gasteiger partial charge in [-0.2, -0.15) is 0 Å². The zero-order valence-electron chi connectivity index (χ0n) is 9.51. The first-order chi connectivity index (χ1) is 8.22. The Labute approximate surface area is 99.0 Å². The fourth-order valence-corrected chi connectivity index (χ4v) is 2.27. The van der Waals surface area contributed by atoms with Crippen LogP contribution in [0, 0.1) is 11.6 Å². The standard InChI is InChI=1S/C13H15F2NO/c14-12-6-13(15)11(5-10(12)8-17)9-3-1-2-4-16-7-9/h5-6,8-9,16H,1-4,7H2. The van der Waals surface area contributed by atoms with Crippen molar-refractivity contribution in [2.24, 2.45) is 0 Å². The van der Waals surface area contributed by atoms with Gasteiger partial charge in [-0.05, 0) is 36.9 Å². The Kier molecular flexibility index (Phi) is 3.84. The molecule has 0 aromatic heterocycles. The summed E-state index contributed by atoms with van der Waals surface area (Å²) in [6, 6.07) is 2.15. The monoisotopic (exact) mass is 239 g/mol. The first-order valence-corrected chi connectivity index (χ1v) is 5.87. The molecule has 4 heteroatoms. The van der Waals surface area contributed by atoms with Crippen LogP contribution in [-0.2, 0) is 0 Å². The number of rotatable bonds is 2. The second-order valence-electron chi connectivity index (χ2n) is 4.41. The summed E-state index contributed by atoms with van der Waals surface area (Å²) < 4.78 is 26.9. The molecule has 0 saturated carbocycles. The van der Waals surface area contributed by atoms with Crippen LogP contribution >= 0.6 is 0 Å². The molecule has 2 rings (SSSR count). The van der Waals surface area contributed by atoms with E-state index in [1.807, 2.05) is 0 Å². The molecule has 17 heavy (non-hydrogen) atoms. The normalized spacial score (nSPS) is 20.9. The Hall–Kier alpha value is -1.29. The molecule has 1 N–H and O–H groups in total. The van der Waals surface area contributed by atoms with Crippen molar-refractivity contribution >= 4 is 6.29 Å². The first-order valence-electron chi connectivity index (χ1n) is 5.87. The Morgan fingerprint density at radius 3 is 2.82 bits per heavy atom. The van der Waals surface area contributed by atoms with Gasteiger partial charge in [0, 0.05) is 12.6 Å². The van der Waals surface area contributed by atoms with E-state index < -0.39 is 11.6 Å². The number of hydrogen-bond acceptors (Lipinski definition) is 2. The molecule has 1 heterocycles. The van der Waals surface area contributed by atoms with Gasteiger partial charge in [0.1, 0.15) is 11.6 Å². The molecule has 0 amide bonds. The van der Waals surface area contributed by atoms with Gasteiger partial charge in [0.05, 0.1) is 5.56 Å². The van der Waals surface area contributed by atoms with Gasteiger partial charge in [0.2, 0.25) is 0 Å². The van der Waals surface area contributed by atoms with Crippen molar-refractivity contribution in [1.82, 2.24) is 5.32 Å². The summed E-state index contributed by atoms with van der Waals surface area (Å²) in [7, 11) is 0. The lowest BCUT2D eigenvalue weighted by Gasteiger charge is -2.16. The van der Waals surface area contributed by atoms with Crippen molar-refractivity contribution < 1.29 is 13.6 Å². The highest BCUT2D eigenvalue weighted by Gasteiger charge is 2.19. The van der Waals surface area contributed by atoms with Gasteiger partial charge in [-0.15, -0.1) is 0 Å². The van der Waals surface area contributed by atoms with Gasteiger partial charge in [-0.1, -0.05) is 6.42 Å². The van der Waals surface area contributed by atoms with E-state index in [0.29, 0.717) is 18.4 Å². The van der Waals surface area contributed by atoms with Crippen LogP contribution in [0.5, 0.6) is 0 Å². The summed E-state index contributed by atoms with van der Waals surface area (Å²) >= 11 is 0. The fourth-order valence-electron chi connectivity index (χ4n) is 2.27. The molecule has 1 atom stereocenters. The molecular weight excluding hydrogens is 224 g/mol. The summed E-state index contributed by atoms with van der Waals surface area (Å²) in [6.07, 6.45) is 3.39. The third-order valence-electron chi connectivity index (χ3n) is 3.23. The zero-order chi connectivity index (χ0) is 12.3. The zero-order valence-corrected chi connectivity index (χ0v) is 9.51. The minimum Gasteiger partial charge on any atom is -0.316 e. The highest BCUT2D eigenvalue weighted by molar-refractivity contribution is 5.75. The lowest BCUT2D eigenvalue weighted by Crippen LogP contribution is -2.20. The van der Waals surface area contributed by atoms with Gasteiger partial charge in [-0.25, -0.2) is 8.78 Å². The highest BCUT2D eigenvalue weighted by atomic mass is 19.1. The maximum atomic E-state index is 13.7. The van der Waals surface area contributed by atoms with E-state index in [4.69, 9.17) is 0 Å². The Morgan fingerprint density at radius 2 is 2.06 bits per heavy atom. The number of aldehydes is 1. The predicted octanol–water partition coefficient (Wildman–Crippen LogP) is 2.63. The van der Waals surface area contributed by atoms with Crippen LogP contribution in [-0.4, -0.2) is 19.4 Å². The molecule has 0 radical (unpaired) electrons. The van der Waals surface area contributed by atoms with Crippen LogP contribution < -0.4 is 5.32 Å². The SMILES string of the molecule is O=Cc1cc(C2CCCCNC2)c(F)cc1F. The molecule has 92 valence electrons. The summed E-state index contributed by atoms with van der Waals surface area (Å²) in [5.41, 5.74) is 0.383. The predicted molar refractivity (Wildman–Crippen MR) is 61.2 cm³/mol. The summed E-state index contributed by atoms with van der Waals surface area (Å²) in [6.45, 7) is 1.61. The molecule has 1 aromatic rings. The van der Waals surface area contributed by atoms with Crippen LogP contribution in [0.4, 0.5) is 8.78 Å². The molecule has 1 aromatic carbocycles. The third-order valence-corrected chi connectivity index (χ3v) is 3.23. The minimum absolute atomic E-state index is 0.0248. The van der Waals surface area contributed by atoms with Crippen molar-refractivity contribution in [2.75, 3.05) is 13.1 Å². The van der Waals surface area contributed by atoms with Gasteiger partial charge < -0.3 is 5.32 Å². The van der Waals surface area contributed by atoms with Crippen molar-refractivity contribution in [1.29, 1.82) is 0 Å². The van der Waals surface area contributed by atoms with Crippen molar-refractivity contribution in [3.8, 4) is 0 Å². The van der Waals surface area contributed by atoms with Crippen LogP contribution in [0.2, 0.25) is 0 Å². The summed E-state index contributed by atoms with van der Waals surface area (Å²) in [4.78, 5) is 10.7. The second-order valence-corrected chi connectivity index (χ2v) is 4.41. The van der Waals surface area contributed by atoms with Crippen LogP contribution in [0.1, 0.15) is 41.1 Å². The van der Waals surface area contributed by atoms with E-state index in [2.05, 4.69) is 5.32 Å². The van der Waals surface area contributed by atoms with Crippen LogP contribution in [0.15, 0.2) is 12.1 Å². The maximum absolute atomic E-state index is 13.7. The van der Waals surface area contributed by atoms with E-state index in [-0.39, 0.29) is 11.5 Å². The number of nitrogens with one attached hydrogen (secondary N) is 1. The first kappa shape index (κ1) is 12.2. The molecule has 1 aliphatic rings. The van der Waals surface area contributed by atoms with Crippen molar-refractivity contribution in [3.05, 3.63) is 34.9 Å². The molecule has 0 aliphatic carbocycles. The maximum Gasteiger partial charge on any atom is 0.153 e. The lowest BCUT2D eigenvalue weighted by atomic mass is 9.92. The number of carbonyl (C=O) groups excluding carboxylic acids is 1. The molecule has 1 aliphatic heterocycles. The fraction of sp³-hybridized carbons (Fsp3) is 0.462. The van der Waals surface area contributed by atoms with E-state index in [0.717, 1.165) is 31.9 Å². The van der Waals surface area contributed by atoms with Crippen molar-refractivity contribution in [2.45, 2.75) is 25.2 Å². The smallest absolute Gasteiger partial charge is 0.153 e. The lowest BCUT2D eigenvalue weighted by molar-refractivity contribution is 0.111. The molecular formula is C13H15F2NO. The molecule has 1 unspecified atom stereocenters. The van der Waals surface area contributed by atoms with E-state index in [1.54, 1.807) is 0 Å². The molecule has 0 spiro atoms. The number of halogens is 2. The molecule has 2 nitrogen and oxygen atoms in total. The van der Waals surface area contributed by atoms with Gasteiger partial charge in [0.15, 0.2) is 6.29 Å². The van der Waals surface area contributed by atoms with Crippen LogP contribution in [0.3, 0.4) is 0 Å². The van der Waals surface area contributed by atoms with Gasteiger partial charge in [0.25, 0.3) is 0 Å². The molecule has 0 bridgehead atoms. The average molecular weight is 239 g/mol. The number of carbonyl (C=O) groups is 1. The molecule has 1 fully saturated rings. The Morgan fingerprint density at radius 1 is 1.24 bits per heavy atom. The third kappa shape index (κ3) is 2.69. The Bertz CT molecular complexity index is 412. The largest absolute Gasteiger partial charge is 0.316 e. The number of benzene rings is 1. The molecule has 1 saturated heterocycles.